The smallest absolute Gasteiger partial charge is 0.310 e. The lowest BCUT2D eigenvalue weighted by molar-refractivity contribution is -0.147. The highest BCUT2D eigenvalue weighted by Crippen LogP contribution is 2.35. The number of anilines is 1. The topological polar surface area (TPSA) is 48.0 Å². The van der Waals surface area contributed by atoms with Gasteiger partial charge in [-0.1, -0.05) is 18.2 Å². The summed E-state index contributed by atoms with van der Waals surface area (Å²) in [5.74, 6) is -0.720. The lowest BCUT2D eigenvalue weighted by Gasteiger charge is -2.25. The van der Waals surface area contributed by atoms with Crippen molar-refractivity contribution in [3.05, 3.63) is 29.8 Å². The minimum absolute atomic E-state index is 0.0891. The molecule has 1 aromatic carbocycles. The summed E-state index contributed by atoms with van der Waals surface area (Å²) in [7, 11) is 1.41. The zero-order valence-electron chi connectivity index (χ0n) is 12.7. The summed E-state index contributed by atoms with van der Waals surface area (Å²) >= 11 is 0. The molecule has 2 fully saturated rings. The number of nitrogens with zero attached hydrogens (tertiary/aromatic N) is 1. The summed E-state index contributed by atoms with van der Waals surface area (Å²) in [6.45, 7) is 5.46. The first kappa shape index (κ1) is 14.4. The van der Waals surface area contributed by atoms with Crippen LogP contribution in [0.25, 0.3) is 0 Å². The Kier molecular flexibility index (Phi) is 3.63. The predicted octanol–water partition coefficient (Wildman–Crippen LogP) is 1.74. The number of methoxy groups -OCH3 is 1. The van der Waals surface area contributed by atoms with Gasteiger partial charge < -0.3 is 19.1 Å². The molecule has 0 aromatic heterocycles. The van der Waals surface area contributed by atoms with Gasteiger partial charge in [0.2, 0.25) is 0 Å². The number of carbonyl (C=O) groups is 1. The fourth-order valence-electron chi connectivity index (χ4n) is 3.12. The zero-order chi connectivity index (χ0) is 15.0. The van der Waals surface area contributed by atoms with Crippen LogP contribution in [0.4, 0.5) is 5.69 Å². The maximum absolute atomic E-state index is 11.5. The van der Waals surface area contributed by atoms with Crippen molar-refractivity contribution >= 4 is 11.7 Å². The van der Waals surface area contributed by atoms with Gasteiger partial charge >= 0.3 is 5.97 Å². The van der Waals surface area contributed by atoms with E-state index < -0.39 is 5.79 Å². The third kappa shape index (κ3) is 2.89. The molecule has 0 saturated carbocycles. The summed E-state index contributed by atoms with van der Waals surface area (Å²) in [5, 5.41) is 0. The first-order valence-corrected chi connectivity index (χ1v) is 7.24. The normalized spacial score (nSPS) is 26.7. The van der Waals surface area contributed by atoms with Crippen molar-refractivity contribution in [1.29, 1.82) is 0 Å². The van der Waals surface area contributed by atoms with Gasteiger partial charge in [-0.15, -0.1) is 0 Å². The Morgan fingerprint density at radius 2 is 1.90 bits per heavy atom. The van der Waals surface area contributed by atoms with Crippen molar-refractivity contribution in [2.75, 3.05) is 25.1 Å². The van der Waals surface area contributed by atoms with Crippen LogP contribution < -0.4 is 4.90 Å². The van der Waals surface area contributed by atoms with E-state index in [1.54, 1.807) is 0 Å². The lowest BCUT2D eigenvalue weighted by Crippen LogP contribution is -2.30. The van der Waals surface area contributed by atoms with Crippen LogP contribution in [-0.2, 0) is 25.4 Å². The van der Waals surface area contributed by atoms with Gasteiger partial charge in [-0.05, 0) is 25.5 Å². The maximum atomic E-state index is 11.5. The standard InChI is InChI=1S/C16H21NO4/c1-16(2)20-13-9-17(10-14(13)21-16)12-7-5-4-6-11(12)8-15(18)19-3/h4-7,13-14H,8-10H2,1-3H3/t13-,14+. The van der Waals surface area contributed by atoms with Crippen molar-refractivity contribution in [1.82, 2.24) is 0 Å². The number of rotatable bonds is 3. The van der Waals surface area contributed by atoms with Gasteiger partial charge in [0.15, 0.2) is 5.79 Å². The number of para-hydroxylation sites is 1. The number of benzene rings is 1. The minimum atomic E-state index is -0.493. The second-order valence-electron chi connectivity index (χ2n) is 6.00. The van der Waals surface area contributed by atoms with Crippen molar-refractivity contribution in [3.8, 4) is 0 Å². The van der Waals surface area contributed by atoms with E-state index in [0.29, 0.717) is 0 Å². The molecule has 0 amide bonds. The van der Waals surface area contributed by atoms with E-state index in [-0.39, 0.29) is 24.6 Å². The molecule has 114 valence electrons. The molecule has 2 saturated heterocycles. The Labute approximate surface area is 124 Å². The fraction of sp³-hybridized carbons (Fsp3) is 0.562. The molecule has 0 spiro atoms. The van der Waals surface area contributed by atoms with E-state index in [1.165, 1.54) is 7.11 Å². The molecule has 2 aliphatic heterocycles. The first-order valence-electron chi connectivity index (χ1n) is 7.24. The van der Waals surface area contributed by atoms with Crippen LogP contribution in [0.15, 0.2) is 24.3 Å². The summed E-state index contributed by atoms with van der Waals surface area (Å²) < 4.78 is 16.6. The zero-order valence-corrected chi connectivity index (χ0v) is 12.7. The highest BCUT2D eigenvalue weighted by Gasteiger charge is 2.47. The van der Waals surface area contributed by atoms with E-state index in [2.05, 4.69) is 4.90 Å². The predicted molar refractivity (Wildman–Crippen MR) is 78.2 cm³/mol. The van der Waals surface area contributed by atoms with E-state index in [0.717, 1.165) is 24.3 Å². The molecule has 1 aromatic rings. The van der Waals surface area contributed by atoms with Crippen molar-refractivity contribution < 1.29 is 19.0 Å². The average molecular weight is 291 g/mol. The number of hydrogen-bond acceptors (Lipinski definition) is 5. The van der Waals surface area contributed by atoms with E-state index in [4.69, 9.17) is 14.2 Å². The van der Waals surface area contributed by atoms with Crippen molar-refractivity contribution in [3.63, 3.8) is 0 Å². The van der Waals surface area contributed by atoms with Crippen LogP contribution in [0, 0.1) is 0 Å². The second kappa shape index (κ2) is 5.31. The van der Waals surface area contributed by atoms with Gasteiger partial charge in [0.05, 0.1) is 13.5 Å². The summed E-state index contributed by atoms with van der Waals surface area (Å²) in [6, 6.07) is 7.92. The van der Waals surface area contributed by atoms with Crippen LogP contribution in [0.1, 0.15) is 19.4 Å². The molecule has 0 N–H and O–H groups in total. The number of ether oxygens (including phenoxy) is 3. The Hall–Kier alpha value is -1.59. The summed E-state index contributed by atoms with van der Waals surface area (Å²) in [6.07, 6.45) is 0.462. The average Bonchev–Trinajstić information content (AvgIpc) is 2.92. The van der Waals surface area contributed by atoms with Gasteiger partial charge in [-0.25, -0.2) is 0 Å². The first-order chi connectivity index (χ1) is 9.98. The summed E-state index contributed by atoms with van der Waals surface area (Å²) in [4.78, 5) is 13.8. The molecule has 0 bridgehead atoms. The van der Waals surface area contributed by atoms with Crippen molar-refractivity contribution in [2.45, 2.75) is 38.3 Å². The third-order valence-corrected chi connectivity index (χ3v) is 3.98. The minimum Gasteiger partial charge on any atom is -0.469 e. The molecule has 2 atom stereocenters. The number of fused-ring (bicyclic) bond motifs is 1. The number of hydrogen-bond donors (Lipinski definition) is 0. The second-order valence-corrected chi connectivity index (χ2v) is 6.00. The Morgan fingerprint density at radius 3 is 2.52 bits per heavy atom. The van der Waals surface area contributed by atoms with Gasteiger partial charge in [-0.2, -0.15) is 0 Å². The van der Waals surface area contributed by atoms with Crippen LogP contribution in [-0.4, -0.2) is 44.2 Å². The molecular weight excluding hydrogens is 270 g/mol. The number of carbonyl (C=O) groups excluding carboxylic acids is 1. The van der Waals surface area contributed by atoms with E-state index >= 15 is 0 Å². The van der Waals surface area contributed by atoms with E-state index in [9.17, 15) is 4.79 Å². The van der Waals surface area contributed by atoms with Crippen LogP contribution in [0.5, 0.6) is 0 Å². The SMILES string of the molecule is COC(=O)Cc1ccccc1N1C[C@@H]2OC(C)(C)O[C@@H]2C1. The third-order valence-electron chi connectivity index (χ3n) is 3.98. The molecule has 5 heteroatoms. The molecule has 0 radical (unpaired) electrons. The summed E-state index contributed by atoms with van der Waals surface area (Å²) in [5.41, 5.74) is 2.03. The highest BCUT2D eigenvalue weighted by molar-refractivity contribution is 5.75. The molecule has 5 nitrogen and oxygen atoms in total. The molecule has 21 heavy (non-hydrogen) atoms. The molecule has 0 unspecified atom stereocenters. The molecule has 2 heterocycles. The highest BCUT2D eigenvalue weighted by atomic mass is 16.8. The quantitative estimate of drug-likeness (QED) is 0.794. The Morgan fingerprint density at radius 1 is 1.29 bits per heavy atom. The van der Waals surface area contributed by atoms with Crippen molar-refractivity contribution in [2.24, 2.45) is 0 Å². The monoisotopic (exact) mass is 291 g/mol. The largest absolute Gasteiger partial charge is 0.469 e. The fourth-order valence-corrected chi connectivity index (χ4v) is 3.12. The van der Waals surface area contributed by atoms with Crippen LogP contribution in [0.2, 0.25) is 0 Å². The molecular formula is C16H21NO4. The van der Waals surface area contributed by atoms with Gasteiger partial charge in [0.1, 0.15) is 12.2 Å². The van der Waals surface area contributed by atoms with Gasteiger partial charge in [0.25, 0.3) is 0 Å². The van der Waals surface area contributed by atoms with Crippen LogP contribution in [0.3, 0.4) is 0 Å². The van der Waals surface area contributed by atoms with Crippen LogP contribution >= 0.6 is 0 Å². The lowest BCUT2D eigenvalue weighted by atomic mass is 10.1. The number of esters is 1. The van der Waals surface area contributed by atoms with Gasteiger partial charge in [-0.3, -0.25) is 4.79 Å². The van der Waals surface area contributed by atoms with Gasteiger partial charge in [0, 0.05) is 18.8 Å². The molecule has 2 aliphatic rings. The maximum Gasteiger partial charge on any atom is 0.310 e. The van der Waals surface area contributed by atoms with E-state index in [1.807, 2.05) is 38.1 Å². The Balaban J connectivity index is 1.76. The molecule has 3 rings (SSSR count). The molecule has 0 aliphatic carbocycles. The Bertz CT molecular complexity index is 527.